The molecule has 15 nitrogen and oxygen atoms in total. The third-order valence-corrected chi connectivity index (χ3v) is 8.95. The summed E-state index contributed by atoms with van der Waals surface area (Å²) >= 11 is 5.24. The fraction of sp³-hybridized carbons (Fsp3) is 0.552. The van der Waals surface area contributed by atoms with Gasteiger partial charge in [-0.1, -0.05) is 26.8 Å². The lowest BCUT2D eigenvalue weighted by atomic mass is 9.95. The number of ether oxygens (including phenoxy) is 1. The predicted octanol–water partition coefficient (Wildman–Crippen LogP) is 4.73. The van der Waals surface area contributed by atoms with Crippen molar-refractivity contribution in [3.63, 3.8) is 0 Å². The van der Waals surface area contributed by atoms with E-state index in [9.17, 15) is 38.7 Å². The van der Waals surface area contributed by atoms with Crippen LogP contribution in [0.1, 0.15) is 80.5 Å². The van der Waals surface area contributed by atoms with E-state index in [1.54, 1.807) is 0 Å². The van der Waals surface area contributed by atoms with Crippen molar-refractivity contribution in [3.05, 3.63) is 44.8 Å². The normalized spacial score (nSPS) is 15.1. The van der Waals surface area contributed by atoms with E-state index in [0.717, 1.165) is 11.3 Å². The summed E-state index contributed by atoms with van der Waals surface area (Å²) < 4.78 is 22.3. The highest BCUT2D eigenvalue weighted by molar-refractivity contribution is 7.80. The minimum atomic E-state index is -4.89. The first-order valence-corrected chi connectivity index (χ1v) is 17.9. The number of benzene rings is 1. The van der Waals surface area contributed by atoms with Gasteiger partial charge in [-0.2, -0.15) is 12.6 Å². The third-order valence-electron chi connectivity index (χ3n) is 7.06. The van der Waals surface area contributed by atoms with Gasteiger partial charge in [-0.05, 0) is 55.7 Å². The Hall–Kier alpha value is -3.37. The van der Waals surface area contributed by atoms with Crippen LogP contribution < -0.4 is 20.5 Å². The zero-order chi connectivity index (χ0) is 35.3. The van der Waals surface area contributed by atoms with Crippen molar-refractivity contribution >= 4 is 61.2 Å². The largest absolute Gasteiger partial charge is 0.541 e. The Balaban J connectivity index is 2.37. The van der Waals surface area contributed by atoms with Crippen molar-refractivity contribution in [1.29, 1.82) is 0 Å². The number of nitrogens with one attached hydrogen (secondary N) is 3. The molecular formula is C29H42N5O10PS2. The van der Waals surface area contributed by atoms with Gasteiger partial charge in [0.05, 0.1) is 16.6 Å². The molecule has 1 aromatic heterocycles. The minimum absolute atomic E-state index is 0.0101. The van der Waals surface area contributed by atoms with Crippen molar-refractivity contribution in [2.75, 3.05) is 18.1 Å². The molecule has 18 heteroatoms. The van der Waals surface area contributed by atoms with E-state index in [-0.39, 0.29) is 48.4 Å². The van der Waals surface area contributed by atoms with Crippen molar-refractivity contribution < 1.29 is 43.0 Å². The molecule has 0 saturated carbocycles. The van der Waals surface area contributed by atoms with Gasteiger partial charge in [0.2, 0.25) is 5.91 Å². The molecule has 0 fully saturated rings. The number of amides is 2. The molecule has 5 N–H and O–H groups in total. The lowest BCUT2D eigenvalue weighted by Crippen LogP contribution is -2.39. The molecule has 0 aliphatic rings. The second-order valence-electron chi connectivity index (χ2n) is 11.3. The van der Waals surface area contributed by atoms with Gasteiger partial charge >= 0.3 is 19.7 Å². The van der Waals surface area contributed by atoms with Crippen LogP contribution >= 0.6 is 31.7 Å². The Morgan fingerprint density at radius 3 is 2.45 bits per heavy atom. The van der Waals surface area contributed by atoms with E-state index in [2.05, 4.69) is 38.5 Å². The first kappa shape index (κ1) is 39.8. The summed E-state index contributed by atoms with van der Waals surface area (Å²) in [6, 6.07) is 3.44. The lowest BCUT2D eigenvalue weighted by Gasteiger charge is -2.24. The number of anilines is 1. The molecule has 1 aromatic carbocycles. The number of rotatable bonds is 20. The van der Waals surface area contributed by atoms with Crippen molar-refractivity contribution in [2.24, 2.45) is 16.8 Å². The highest BCUT2D eigenvalue weighted by atomic mass is 32.1. The van der Waals surface area contributed by atoms with Gasteiger partial charge in [0, 0.05) is 37.2 Å². The summed E-state index contributed by atoms with van der Waals surface area (Å²) in [5.41, 5.74) is 0.529. The van der Waals surface area contributed by atoms with Crippen LogP contribution in [0.15, 0.2) is 28.5 Å². The molecule has 2 amide bonds. The van der Waals surface area contributed by atoms with Gasteiger partial charge in [0.25, 0.3) is 5.91 Å². The summed E-state index contributed by atoms with van der Waals surface area (Å²) in [5, 5.41) is 20.1. The summed E-state index contributed by atoms with van der Waals surface area (Å²) in [7, 11) is -3.09. The molecule has 3 unspecified atom stereocenters. The highest BCUT2D eigenvalue weighted by Gasteiger charge is 2.28. The van der Waals surface area contributed by atoms with Crippen LogP contribution in [-0.2, 0) is 30.1 Å². The van der Waals surface area contributed by atoms with Gasteiger partial charge in [0.1, 0.15) is 10.7 Å². The van der Waals surface area contributed by atoms with Crippen molar-refractivity contribution in [2.45, 2.75) is 78.0 Å². The standard InChI is InChI=1S/C29H42N5O10PS2/c1-16(2)21(30-5)14-25(43-18(4)35)28-33-23(15-47-28)27(37)31-20(11-17(3)29(38)39)12-19-8-9-24(44-45(41,42)34-40)22(13-19)32-26(36)7-6-10-46/h8-9,13,15-17,20-21,25,30,46H,6-7,10-12,14H2,1-5H3,(H,31,37)(H,32,36)(H,38,39)(H,41,42)/t17?,20-,21?,25-/m1/s1. The van der Waals surface area contributed by atoms with Gasteiger partial charge in [-0.15, -0.1) is 16.2 Å². The van der Waals surface area contributed by atoms with E-state index in [4.69, 9.17) is 9.26 Å². The minimum Gasteiger partial charge on any atom is -0.481 e. The topological polar surface area (TPSA) is 223 Å². The van der Waals surface area contributed by atoms with Crippen molar-refractivity contribution in [1.82, 2.24) is 15.6 Å². The van der Waals surface area contributed by atoms with E-state index in [1.165, 1.54) is 37.4 Å². The molecule has 5 atom stereocenters. The second kappa shape index (κ2) is 18.8. The van der Waals surface area contributed by atoms with Crippen LogP contribution in [0.4, 0.5) is 5.69 Å². The number of carboxylic acid groups (broad SMARTS) is 1. The average Bonchev–Trinajstić information content (AvgIpc) is 3.49. The average molecular weight is 716 g/mol. The van der Waals surface area contributed by atoms with Gasteiger partial charge in [-0.3, -0.25) is 24.1 Å². The van der Waals surface area contributed by atoms with E-state index >= 15 is 0 Å². The van der Waals surface area contributed by atoms with E-state index < -0.39 is 49.6 Å². The number of esters is 1. The zero-order valence-corrected chi connectivity index (χ0v) is 29.4. The molecule has 0 saturated heterocycles. The van der Waals surface area contributed by atoms with Crippen molar-refractivity contribution in [3.8, 4) is 5.75 Å². The SMILES string of the molecule is CNC(C[C@@H](OC(C)=O)c1nc(C(=O)N[C@@H](Cc2ccc(OP(=O)(O)N=O)c(NC(=O)CCCS)c2)CC(C)C(=O)O)cs1)C(C)C. The Morgan fingerprint density at radius 2 is 1.87 bits per heavy atom. The molecule has 0 radical (unpaired) electrons. The number of hydrogen-bond acceptors (Lipinski definition) is 12. The maximum absolute atomic E-state index is 13.4. The number of aromatic nitrogens is 1. The maximum Gasteiger partial charge on any atom is 0.541 e. The quantitative estimate of drug-likeness (QED) is 0.0474. The number of carbonyl (C=O) groups excluding carboxylic acids is 3. The molecule has 2 aromatic rings. The number of thiol groups is 1. The van der Waals surface area contributed by atoms with Crippen LogP contribution in [0.2, 0.25) is 0 Å². The fourth-order valence-electron chi connectivity index (χ4n) is 4.64. The summed E-state index contributed by atoms with van der Waals surface area (Å²) in [4.78, 5) is 76.3. The molecule has 1 heterocycles. The summed E-state index contributed by atoms with van der Waals surface area (Å²) in [5.74, 6) is -3.05. The summed E-state index contributed by atoms with van der Waals surface area (Å²) in [6.07, 6.45) is 0.391. The number of hydrogen-bond donors (Lipinski definition) is 6. The third kappa shape index (κ3) is 13.3. The maximum atomic E-state index is 13.4. The van der Waals surface area contributed by atoms with Gasteiger partial charge in [-0.25, -0.2) is 9.55 Å². The number of carbonyl (C=O) groups is 4. The monoisotopic (exact) mass is 715 g/mol. The molecule has 0 bridgehead atoms. The number of carboxylic acids is 1. The molecule has 260 valence electrons. The van der Waals surface area contributed by atoms with Crippen LogP contribution in [0.25, 0.3) is 0 Å². The smallest absolute Gasteiger partial charge is 0.481 e. The first-order valence-electron chi connectivity index (χ1n) is 14.8. The Kier molecular flexibility index (Phi) is 16.0. The number of nitroso groups, excluding NO2 is 1. The fourth-order valence-corrected chi connectivity index (χ4v) is 6.08. The van der Waals surface area contributed by atoms with Gasteiger partial charge < -0.3 is 30.3 Å². The Morgan fingerprint density at radius 1 is 1.17 bits per heavy atom. The molecule has 0 aliphatic heterocycles. The zero-order valence-electron chi connectivity index (χ0n) is 26.8. The summed E-state index contributed by atoms with van der Waals surface area (Å²) in [6.45, 7) is 6.85. The molecule has 0 aliphatic carbocycles. The number of thiazole rings is 1. The molecule has 0 spiro atoms. The van der Waals surface area contributed by atoms with Crippen LogP contribution in [0, 0.1) is 16.7 Å². The number of aliphatic carboxylic acids is 1. The molecule has 2 rings (SSSR count). The molecular weight excluding hydrogens is 673 g/mol. The second-order valence-corrected chi connectivity index (χ2v) is 13.9. The van der Waals surface area contributed by atoms with E-state index in [1.807, 2.05) is 20.9 Å². The first-order chi connectivity index (χ1) is 22.1. The highest BCUT2D eigenvalue weighted by Crippen LogP contribution is 2.46. The Bertz CT molecular complexity index is 1460. The lowest BCUT2D eigenvalue weighted by molar-refractivity contribution is -0.147. The Labute approximate surface area is 282 Å². The van der Waals surface area contributed by atoms with Crippen LogP contribution in [-0.4, -0.2) is 63.6 Å². The van der Waals surface area contributed by atoms with Gasteiger partial charge in [0.15, 0.2) is 11.9 Å². The molecule has 47 heavy (non-hydrogen) atoms. The van der Waals surface area contributed by atoms with E-state index in [0.29, 0.717) is 29.2 Å². The van der Waals surface area contributed by atoms with Crippen LogP contribution in [0.3, 0.4) is 0 Å². The van der Waals surface area contributed by atoms with Crippen LogP contribution in [0.5, 0.6) is 5.75 Å². The predicted molar refractivity (Wildman–Crippen MR) is 180 cm³/mol. The number of nitrogens with zero attached hydrogens (tertiary/aromatic N) is 2.